The third-order valence-electron chi connectivity index (χ3n) is 4.00. The van der Waals surface area contributed by atoms with E-state index in [0.29, 0.717) is 18.2 Å². The fourth-order valence-electron chi connectivity index (χ4n) is 2.76. The van der Waals surface area contributed by atoms with Crippen LogP contribution in [0, 0.1) is 0 Å². The van der Waals surface area contributed by atoms with Gasteiger partial charge in [0.25, 0.3) is 5.91 Å². The molecule has 24 heavy (non-hydrogen) atoms. The fourth-order valence-corrected chi connectivity index (χ4v) is 2.76. The van der Waals surface area contributed by atoms with Gasteiger partial charge in [0.15, 0.2) is 0 Å². The van der Waals surface area contributed by atoms with Gasteiger partial charge in [-0.1, -0.05) is 6.07 Å². The van der Waals surface area contributed by atoms with E-state index in [1.54, 1.807) is 18.6 Å². The predicted octanol–water partition coefficient (Wildman–Crippen LogP) is 2.72. The summed E-state index contributed by atoms with van der Waals surface area (Å²) in [5, 5.41) is 6.25. The Balaban J connectivity index is 0.00000144. The lowest BCUT2D eigenvalue weighted by Gasteiger charge is -2.23. The number of amides is 1. The van der Waals surface area contributed by atoms with Gasteiger partial charge in [0.05, 0.1) is 0 Å². The largest absolute Gasteiger partial charge is 0.347 e. The first-order valence-electron chi connectivity index (χ1n) is 7.67. The van der Waals surface area contributed by atoms with Crippen molar-refractivity contribution in [2.75, 3.05) is 13.1 Å². The highest BCUT2D eigenvalue weighted by Crippen LogP contribution is 2.25. The van der Waals surface area contributed by atoms with Crippen molar-refractivity contribution in [1.29, 1.82) is 0 Å². The number of hydrogen-bond donors (Lipinski definition) is 2. The van der Waals surface area contributed by atoms with Crippen LogP contribution in [0.15, 0.2) is 42.9 Å². The van der Waals surface area contributed by atoms with Gasteiger partial charge in [0, 0.05) is 25.1 Å². The molecule has 3 rings (SSSR count). The Morgan fingerprint density at radius 2 is 2.00 bits per heavy atom. The molecule has 0 aliphatic carbocycles. The molecule has 0 atom stereocenters. The van der Waals surface area contributed by atoms with Crippen molar-refractivity contribution in [3.8, 4) is 0 Å². The molecule has 0 spiro atoms. The Bertz CT molecular complexity index is 633. The van der Waals surface area contributed by atoms with Crippen molar-refractivity contribution >= 4 is 30.7 Å². The van der Waals surface area contributed by atoms with Gasteiger partial charge in [-0.2, -0.15) is 0 Å². The Kier molecular flexibility index (Phi) is 8.68. The van der Waals surface area contributed by atoms with Crippen molar-refractivity contribution in [2.45, 2.75) is 25.3 Å². The molecule has 1 saturated heterocycles. The lowest BCUT2D eigenvalue weighted by molar-refractivity contribution is 0.0945. The lowest BCUT2D eigenvalue weighted by atomic mass is 9.90. The first-order valence-corrected chi connectivity index (χ1v) is 7.67. The summed E-state index contributed by atoms with van der Waals surface area (Å²) in [5.41, 5.74) is 2.67. The van der Waals surface area contributed by atoms with E-state index < -0.39 is 0 Å². The number of piperidine rings is 1. The summed E-state index contributed by atoms with van der Waals surface area (Å²) in [5.74, 6) is 0.383. The summed E-state index contributed by atoms with van der Waals surface area (Å²) in [4.78, 5) is 20.5. The molecule has 3 heterocycles. The molecule has 0 bridgehead atoms. The van der Waals surface area contributed by atoms with E-state index in [4.69, 9.17) is 0 Å². The van der Waals surface area contributed by atoms with Crippen LogP contribution in [0.1, 0.15) is 40.4 Å². The number of pyridine rings is 2. The van der Waals surface area contributed by atoms with Crippen LogP contribution in [0.4, 0.5) is 0 Å². The SMILES string of the molecule is Cl.Cl.O=C(NCc1cccnc1)c1cc(C2CCNCC2)ccn1. The average Bonchev–Trinajstić information content (AvgIpc) is 2.61. The Morgan fingerprint density at radius 1 is 1.21 bits per heavy atom. The molecule has 130 valence electrons. The summed E-state index contributed by atoms with van der Waals surface area (Å²) in [6.45, 7) is 2.54. The minimum absolute atomic E-state index is 0. The fraction of sp³-hybridized carbons (Fsp3) is 0.353. The number of carbonyl (C=O) groups is 1. The number of carbonyl (C=O) groups excluding carboxylic acids is 1. The van der Waals surface area contributed by atoms with E-state index in [0.717, 1.165) is 31.5 Å². The molecule has 2 N–H and O–H groups in total. The van der Waals surface area contributed by atoms with Gasteiger partial charge >= 0.3 is 0 Å². The van der Waals surface area contributed by atoms with Gasteiger partial charge in [-0.15, -0.1) is 24.8 Å². The summed E-state index contributed by atoms with van der Waals surface area (Å²) in [6.07, 6.45) is 7.42. The highest BCUT2D eigenvalue weighted by Gasteiger charge is 2.17. The van der Waals surface area contributed by atoms with Gasteiger partial charge in [0.2, 0.25) is 0 Å². The number of aromatic nitrogens is 2. The van der Waals surface area contributed by atoms with Crippen LogP contribution in [0.5, 0.6) is 0 Å². The van der Waals surface area contributed by atoms with Crippen LogP contribution in [-0.2, 0) is 6.54 Å². The molecular formula is C17H22Cl2N4O. The zero-order valence-electron chi connectivity index (χ0n) is 13.3. The van der Waals surface area contributed by atoms with E-state index in [-0.39, 0.29) is 30.7 Å². The van der Waals surface area contributed by atoms with Gasteiger partial charge in [-0.05, 0) is 61.2 Å². The topological polar surface area (TPSA) is 66.9 Å². The van der Waals surface area contributed by atoms with Crippen LogP contribution in [0.3, 0.4) is 0 Å². The molecule has 2 aromatic heterocycles. The zero-order chi connectivity index (χ0) is 15.2. The minimum atomic E-state index is -0.139. The molecule has 2 aromatic rings. The zero-order valence-corrected chi connectivity index (χ0v) is 14.9. The molecule has 1 aliphatic heterocycles. The van der Waals surface area contributed by atoms with Crippen molar-refractivity contribution in [2.24, 2.45) is 0 Å². The minimum Gasteiger partial charge on any atom is -0.347 e. The van der Waals surface area contributed by atoms with Crippen LogP contribution >= 0.6 is 24.8 Å². The summed E-state index contributed by atoms with van der Waals surface area (Å²) in [7, 11) is 0. The van der Waals surface area contributed by atoms with Gasteiger partial charge in [0.1, 0.15) is 5.69 Å². The molecule has 5 nitrogen and oxygen atoms in total. The maximum Gasteiger partial charge on any atom is 0.270 e. The maximum atomic E-state index is 12.2. The van der Waals surface area contributed by atoms with Crippen molar-refractivity contribution in [1.82, 2.24) is 20.6 Å². The number of halogens is 2. The van der Waals surface area contributed by atoms with Crippen molar-refractivity contribution < 1.29 is 4.79 Å². The quantitative estimate of drug-likeness (QED) is 0.870. The maximum absolute atomic E-state index is 12.2. The molecule has 0 saturated carbocycles. The van der Waals surface area contributed by atoms with E-state index >= 15 is 0 Å². The number of hydrogen-bond acceptors (Lipinski definition) is 4. The lowest BCUT2D eigenvalue weighted by Crippen LogP contribution is -2.27. The first kappa shape index (κ1) is 20.4. The Morgan fingerprint density at radius 3 is 2.71 bits per heavy atom. The second-order valence-corrected chi connectivity index (χ2v) is 5.54. The molecule has 1 aliphatic rings. The number of nitrogens with one attached hydrogen (secondary N) is 2. The standard InChI is InChI=1S/C17H20N4O.2ClH/c22-17(21-12-13-2-1-6-19-11-13)16-10-15(5-9-20-16)14-3-7-18-8-4-14;;/h1-2,5-6,9-11,14,18H,3-4,7-8,12H2,(H,21,22);2*1H. The normalized spacial score (nSPS) is 14.2. The van der Waals surface area contributed by atoms with E-state index in [9.17, 15) is 4.79 Å². The van der Waals surface area contributed by atoms with Crippen LogP contribution in [0.25, 0.3) is 0 Å². The molecule has 7 heteroatoms. The van der Waals surface area contributed by atoms with Crippen LogP contribution in [-0.4, -0.2) is 29.0 Å². The monoisotopic (exact) mass is 368 g/mol. The van der Waals surface area contributed by atoms with Crippen molar-refractivity contribution in [3.63, 3.8) is 0 Å². The van der Waals surface area contributed by atoms with E-state index in [1.165, 1.54) is 5.56 Å². The Labute approximate surface area is 154 Å². The third kappa shape index (κ3) is 5.44. The predicted molar refractivity (Wildman–Crippen MR) is 99.0 cm³/mol. The summed E-state index contributed by atoms with van der Waals surface area (Å²) in [6, 6.07) is 7.74. The third-order valence-corrected chi connectivity index (χ3v) is 4.00. The summed E-state index contributed by atoms with van der Waals surface area (Å²) >= 11 is 0. The second-order valence-electron chi connectivity index (χ2n) is 5.54. The molecule has 0 unspecified atom stereocenters. The number of nitrogens with zero attached hydrogens (tertiary/aromatic N) is 2. The highest BCUT2D eigenvalue weighted by molar-refractivity contribution is 5.92. The smallest absolute Gasteiger partial charge is 0.270 e. The molecular weight excluding hydrogens is 347 g/mol. The summed E-state index contributed by atoms with van der Waals surface area (Å²) < 4.78 is 0. The van der Waals surface area contributed by atoms with Gasteiger partial charge in [-0.25, -0.2) is 0 Å². The number of rotatable bonds is 4. The first-order chi connectivity index (χ1) is 10.8. The highest BCUT2D eigenvalue weighted by atomic mass is 35.5. The van der Waals surface area contributed by atoms with Crippen molar-refractivity contribution in [3.05, 3.63) is 59.7 Å². The second kappa shape index (κ2) is 10.2. The van der Waals surface area contributed by atoms with Gasteiger partial charge < -0.3 is 10.6 Å². The molecule has 1 fully saturated rings. The van der Waals surface area contributed by atoms with E-state index in [2.05, 4.69) is 20.6 Å². The molecule has 0 aromatic carbocycles. The van der Waals surface area contributed by atoms with E-state index in [1.807, 2.05) is 24.3 Å². The molecule has 1 amide bonds. The van der Waals surface area contributed by atoms with Gasteiger partial charge in [-0.3, -0.25) is 14.8 Å². The average molecular weight is 369 g/mol. The van der Waals surface area contributed by atoms with Crippen LogP contribution in [0.2, 0.25) is 0 Å². The Hall–Kier alpha value is -1.69. The molecule has 0 radical (unpaired) electrons. The van der Waals surface area contributed by atoms with Crippen LogP contribution < -0.4 is 10.6 Å².